The molecule has 0 spiro atoms. The van der Waals surface area contributed by atoms with Gasteiger partial charge in [-0.25, -0.2) is 4.98 Å². The van der Waals surface area contributed by atoms with Crippen molar-refractivity contribution in [1.82, 2.24) is 10.3 Å². The Bertz CT molecular complexity index is 1050. The summed E-state index contributed by atoms with van der Waals surface area (Å²) in [6, 6.07) is 17.0. The number of hydrogen-bond acceptors (Lipinski definition) is 6. The van der Waals surface area contributed by atoms with Crippen LogP contribution in [0.3, 0.4) is 0 Å². The predicted octanol–water partition coefficient (Wildman–Crippen LogP) is 3.92. The lowest BCUT2D eigenvalue weighted by molar-refractivity contribution is -0.118. The standard InChI is InChI=1S/C22H21N3O3S/c1-3-28-19-9-6-16-10-17(12-23)22(25-20(16)11-19)29-14-21(26)24-13-15-4-7-18(27-2)8-5-15/h4-11H,3,13-14H2,1-2H3,(H,24,26). The van der Waals surface area contributed by atoms with Crippen LogP contribution >= 0.6 is 11.8 Å². The van der Waals surface area contributed by atoms with Gasteiger partial charge in [0.2, 0.25) is 5.91 Å². The summed E-state index contributed by atoms with van der Waals surface area (Å²) in [5.74, 6) is 1.55. The fraction of sp³-hybridized carbons (Fsp3) is 0.227. The molecule has 1 aromatic heterocycles. The summed E-state index contributed by atoms with van der Waals surface area (Å²) in [4.78, 5) is 16.8. The van der Waals surface area contributed by atoms with E-state index in [1.165, 1.54) is 11.8 Å². The summed E-state index contributed by atoms with van der Waals surface area (Å²) in [5.41, 5.74) is 2.17. The third-order valence-electron chi connectivity index (χ3n) is 4.17. The molecular formula is C22H21N3O3S. The molecule has 0 saturated heterocycles. The second-order valence-electron chi connectivity index (χ2n) is 6.15. The molecule has 0 fully saturated rings. The maximum absolute atomic E-state index is 12.2. The molecule has 1 heterocycles. The van der Waals surface area contributed by atoms with Gasteiger partial charge in [0.15, 0.2) is 0 Å². The van der Waals surface area contributed by atoms with E-state index in [0.29, 0.717) is 23.7 Å². The summed E-state index contributed by atoms with van der Waals surface area (Å²) < 4.78 is 10.6. The molecule has 29 heavy (non-hydrogen) atoms. The normalized spacial score (nSPS) is 10.4. The molecular weight excluding hydrogens is 386 g/mol. The Kier molecular flexibility index (Phi) is 6.93. The molecule has 1 N–H and O–H groups in total. The first-order valence-electron chi connectivity index (χ1n) is 9.13. The van der Waals surface area contributed by atoms with Crippen LogP contribution in [0.5, 0.6) is 11.5 Å². The highest BCUT2D eigenvalue weighted by Gasteiger charge is 2.11. The number of carbonyl (C=O) groups is 1. The summed E-state index contributed by atoms with van der Waals surface area (Å²) >= 11 is 1.25. The lowest BCUT2D eigenvalue weighted by Gasteiger charge is -2.09. The SMILES string of the molecule is CCOc1ccc2cc(C#N)c(SCC(=O)NCc3ccc(OC)cc3)nc2c1. The zero-order valence-corrected chi connectivity index (χ0v) is 17.1. The number of methoxy groups -OCH3 is 1. The molecule has 0 aliphatic heterocycles. The van der Waals surface area contributed by atoms with Crippen molar-refractivity contribution < 1.29 is 14.3 Å². The van der Waals surface area contributed by atoms with Crippen molar-refractivity contribution in [3.8, 4) is 17.6 Å². The Hall–Kier alpha value is -3.24. The highest BCUT2D eigenvalue weighted by atomic mass is 32.2. The van der Waals surface area contributed by atoms with Gasteiger partial charge in [0.1, 0.15) is 22.6 Å². The molecule has 0 radical (unpaired) electrons. The number of nitrogens with one attached hydrogen (secondary N) is 1. The Morgan fingerprint density at radius 3 is 2.62 bits per heavy atom. The van der Waals surface area contributed by atoms with E-state index in [9.17, 15) is 10.1 Å². The van der Waals surface area contributed by atoms with E-state index in [2.05, 4.69) is 16.4 Å². The van der Waals surface area contributed by atoms with Crippen LogP contribution in [0.25, 0.3) is 10.9 Å². The topological polar surface area (TPSA) is 84.2 Å². The minimum Gasteiger partial charge on any atom is -0.497 e. The molecule has 1 amide bonds. The van der Waals surface area contributed by atoms with Gasteiger partial charge in [-0.05, 0) is 42.8 Å². The highest BCUT2D eigenvalue weighted by Crippen LogP contribution is 2.27. The third kappa shape index (κ3) is 5.39. The van der Waals surface area contributed by atoms with Crippen molar-refractivity contribution in [2.45, 2.75) is 18.5 Å². The van der Waals surface area contributed by atoms with Crippen LogP contribution in [0.1, 0.15) is 18.1 Å². The summed E-state index contributed by atoms with van der Waals surface area (Å²) in [7, 11) is 1.61. The predicted molar refractivity (Wildman–Crippen MR) is 113 cm³/mol. The number of carbonyl (C=O) groups excluding carboxylic acids is 1. The van der Waals surface area contributed by atoms with Gasteiger partial charge in [-0.2, -0.15) is 5.26 Å². The van der Waals surface area contributed by atoms with E-state index in [1.54, 1.807) is 13.2 Å². The molecule has 0 saturated carbocycles. The van der Waals surface area contributed by atoms with Crippen molar-refractivity contribution in [3.63, 3.8) is 0 Å². The minimum atomic E-state index is -0.125. The lowest BCUT2D eigenvalue weighted by atomic mass is 10.1. The number of rotatable bonds is 8. The van der Waals surface area contributed by atoms with E-state index < -0.39 is 0 Å². The first-order chi connectivity index (χ1) is 14.1. The van der Waals surface area contributed by atoms with Gasteiger partial charge in [0, 0.05) is 18.0 Å². The van der Waals surface area contributed by atoms with Gasteiger partial charge in [0.25, 0.3) is 0 Å². The van der Waals surface area contributed by atoms with Crippen molar-refractivity contribution in [2.24, 2.45) is 0 Å². The van der Waals surface area contributed by atoms with E-state index >= 15 is 0 Å². The number of benzene rings is 2. The molecule has 7 heteroatoms. The quantitative estimate of drug-likeness (QED) is 0.570. The molecule has 3 aromatic rings. The molecule has 0 bridgehead atoms. The molecule has 6 nitrogen and oxygen atoms in total. The summed E-state index contributed by atoms with van der Waals surface area (Å²) in [6.07, 6.45) is 0. The Morgan fingerprint density at radius 2 is 1.93 bits per heavy atom. The summed E-state index contributed by atoms with van der Waals surface area (Å²) in [5, 5.41) is 13.7. The van der Waals surface area contributed by atoms with Crippen LogP contribution < -0.4 is 14.8 Å². The third-order valence-corrected chi connectivity index (χ3v) is 5.17. The van der Waals surface area contributed by atoms with Gasteiger partial charge >= 0.3 is 0 Å². The molecule has 148 valence electrons. The molecule has 0 atom stereocenters. The number of aromatic nitrogens is 1. The number of ether oxygens (including phenoxy) is 2. The van der Waals surface area contributed by atoms with Crippen molar-refractivity contribution in [1.29, 1.82) is 5.26 Å². The minimum absolute atomic E-state index is 0.125. The molecule has 0 aliphatic rings. The Morgan fingerprint density at radius 1 is 1.17 bits per heavy atom. The number of amides is 1. The molecule has 0 unspecified atom stereocenters. The van der Waals surface area contributed by atoms with Crippen molar-refractivity contribution in [3.05, 3.63) is 59.7 Å². The number of nitriles is 1. The second-order valence-corrected chi connectivity index (χ2v) is 7.12. The number of pyridine rings is 1. The molecule has 3 rings (SSSR count). The van der Waals surface area contributed by atoms with E-state index in [0.717, 1.165) is 28.0 Å². The zero-order chi connectivity index (χ0) is 20.6. The van der Waals surface area contributed by atoms with Gasteiger partial charge in [0.05, 0.1) is 30.5 Å². The Labute approximate surface area is 173 Å². The van der Waals surface area contributed by atoms with Crippen LogP contribution in [0.15, 0.2) is 53.6 Å². The van der Waals surface area contributed by atoms with Gasteiger partial charge in [-0.1, -0.05) is 23.9 Å². The number of hydrogen-bond donors (Lipinski definition) is 1. The monoisotopic (exact) mass is 407 g/mol. The average Bonchev–Trinajstić information content (AvgIpc) is 2.76. The van der Waals surface area contributed by atoms with Crippen molar-refractivity contribution >= 4 is 28.6 Å². The maximum atomic E-state index is 12.2. The van der Waals surface area contributed by atoms with E-state index in [-0.39, 0.29) is 11.7 Å². The first-order valence-corrected chi connectivity index (χ1v) is 10.1. The van der Waals surface area contributed by atoms with E-state index in [4.69, 9.17) is 9.47 Å². The van der Waals surface area contributed by atoms with Crippen LogP contribution in [0.4, 0.5) is 0 Å². The Balaban J connectivity index is 1.64. The van der Waals surface area contributed by atoms with E-state index in [1.807, 2.05) is 49.4 Å². The lowest BCUT2D eigenvalue weighted by Crippen LogP contribution is -2.24. The molecule has 2 aromatic carbocycles. The zero-order valence-electron chi connectivity index (χ0n) is 16.3. The fourth-order valence-electron chi connectivity index (χ4n) is 2.70. The second kappa shape index (κ2) is 9.80. The van der Waals surface area contributed by atoms with Crippen LogP contribution in [0, 0.1) is 11.3 Å². The molecule has 0 aliphatic carbocycles. The van der Waals surface area contributed by atoms with Crippen LogP contribution in [-0.4, -0.2) is 30.4 Å². The maximum Gasteiger partial charge on any atom is 0.230 e. The van der Waals surface area contributed by atoms with Gasteiger partial charge < -0.3 is 14.8 Å². The summed E-state index contributed by atoms with van der Waals surface area (Å²) in [6.45, 7) is 2.91. The smallest absolute Gasteiger partial charge is 0.230 e. The number of thioether (sulfide) groups is 1. The number of fused-ring (bicyclic) bond motifs is 1. The van der Waals surface area contributed by atoms with Gasteiger partial charge in [-0.15, -0.1) is 0 Å². The largest absolute Gasteiger partial charge is 0.497 e. The highest BCUT2D eigenvalue weighted by molar-refractivity contribution is 8.00. The van der Waals surface area contributed by atoms with Crippen molar-refractivity contribution in [2.75, 3.05) is 19.5 Å². The fourth-order valence-corrected chi connectivity index (χ4v) is 3.50. The average molecular weight is 407 g/mol. The van der Waals surface area contributed by atoms with Crippen LogP contribution in [0.2, 0.25) is 0 Å². The van der Waals surface area contributed by atoms with Gasteiger partial charge in [-0.3, -0.25) is 4.79 Å². The first kappa shape index (κ1) is 20.5. The number of nitrogens with zero attached hydrogens (tertiary/aromatic N) is 2. The van der Waals surface area contributed by atoms with Crippen LogP contribution in [-0.2, 0) is 11.3 Å².